The number of anilines is 2. The lowest BCUT2D eigenvalue weighted by Crippen LogP contribution is -2.25. The second kappa shape index (κ2) is 11.3. The van der Waals surface area contributed by atoms with Crippen LogP contribution in [0.5, 0.6) is 0 Å². The van der Waals surface area contributed by atoms with Crippen LogP contribution in [0.3, 0.4) is 0 Å². The Labute approximate surface area is 299 Å². The summed E-state index contributed by atoms with van der Waals surface area (Å²) in [6.45, 7) is 6.73. The lowest BCUT2D eigenvalue weighted by molar-refractivity contribution is 0.807. The zero-order valence-corrected chi connectivity index (χ0v) is 28.5. The quantitative estimate of drug-likeness (QED) is 0.166. The molecule has 240 valence electrons. The number of nitrogens with zero attached hydrogens (tertiary/aromatic N) is 1. The number of rotatable bonds is 7. The highest BCUT2D eigenvalue weighted by atomic mass is 15.1. The molecule has 0 amide bonds. The van der Waals surface area contributed by atoms with Gasteiger partial charge in [0.2, 0.25) is 0 Å². The first-order chi connectivity index (χ1) is 25.2. The summed E-state index contributed by atoms with van der Waals surface area (Å²) in [7, 11) is 0. The van der Waals surface area contributed by atoms with Crippen LogP contribution in [0.1, 0.15) is 29.2 Å². The molecular weight excluding hydrogens is 615 g/mol. The molecule has 0 saturated carbocycles. The Morgan fingerprint density at radius 1 is 0.471 bits per heavy atom. The molecule has 0 aromatic heterocycles. The van der Waals surface area contributed by atoms with Gasteiger partial charge in [-0.2, -0.15) is 0 Å². The van der Waals surface area contributed by atoms with Crippen LogP contribution in [-0.2, 0) is 5.41 Å². The zero-order valence-electron chi connectivity index (χ0n) is 28.5. The van der Waals surface area contributed by atoms with E-state index in [1.54, 1.807) is 0 Å². The van der Waals surface area contributed by atoms with Gasteiger partial charge >= 0.3 is 0 Å². The minimum absolute atomic E-state index is 0.414. The first kappa shape index (κ1) is 29.5. The third kappa shape index (κ3) is 4.03. The highest BCUT2D eigenvalue weighted by Gasteiger charge is 2.57. The van der Waals surface area contributed by atoms with Crippen LogP contribution in [0.4, 0.5) is 11.4 Å². The molecule has 0 N–H and O–H groups in total. The van der Waals surface area contributed by atoms with Crippen LogP contribution in [0.2, 0.25) is 0 Å². The van der Waals surface area contributed by atoms with Crippen molar-refractivity contribution >= 4 is 16.9 Å². The average molecular weight is 650 g/mol. The summed E-state index contributed by atoms with van der Waals surface area (Å²) in [5.74, 6) is 0. The summed E-state index contributed by atoms with van der Waals surface area (Å²) < 4.78 is 0. The zero-order chi connectivity index (χ0) is 34.1. The SMILES string of the molecule is C=CC1=C(/C=C(\C)N(c2ccccc2-c2ccccc2)c2ccccc2-c2ccccc2)C23c4ccccc4-c4cccc(c42)-c2cccc1c23. The van der Waals surface area contributed by atoms with E-state index in [4.69, 9.17) is 0 Å². The summed E-state index contributed by atoms with van der Waals surface area (Å²) in [5.41, 5.74) is 21.0. The van der Waals surface area contributed by atoms with Gasteiger partial charge in [0, 0.05) is 16.8 Å². The molecule has 10 rings (SSSR count). The highest BCUT2D eigenvalue weighted by molar-refractivity contribution is 6.07. The van der Waals surface area contributed by atoms with Gasteiger partial charge in [0.25, 0.3) is 0 Å². The van der Waals surface area contributed by atoms with Crippen molar-refractivity contribution in [2.24, 2.45) is 0 Å². The standard InChI is InChI=1S/C50H35N/c1-3-36-40-25-16-27-42-43-28-17-26-41-39-24-10-13-29-44(39)50(48(40)42,49(41)43)45(36)32-33(2)51(46-30-14-11-22-37(46)34-18-6-4-7-19-34)47-31-15-12-23-38(47)35-20-8-5-9-21-35/h3-32H,1H2,2H3/b33-32+. The van der Waals surface area contributed by atoms with Crippen molar-refractivity contribution < 1.29 is 0 Å². The number of hydrogen-bond donors (Lipinski definition) is 0. The van der Waals surface area contributed by atoms with Crippen LogP contribution < -0.4 is 4.90 Å². The normalized spacial score (nSPS) is 16.1. The second-order valence-electron chi connectivity index (χ2n) is 13.7. The molecule has 3 aliphatic rings. The molecular formula is C50H35N. The first-order valence-corrected chi connectivity index (χ1v) is 17.7. The number of para-hydroxylation sites is 2. The monoisotopic (exact) mass is 649 g/mol. The van der Waals surface area contributed by atoms with E-state index in [1.807, 2.05) is 0 Å². The van der Waals surface area contributed by atoms with Crippen molar-refractivity contribution in [3.63, 3.8) is 0 Å². The fourth-order valence-electron chi connectivity index (χ4n) is 9.26. The Balaban J connectivity index is 1.28. The van der Waals surface area contributed by atoms with Crippen molar-refractivity contribution in [3.8, 4) is 44.5 Å². The van der Waals surface area contributed by atoms with E-state index in [0.29, 0.717) is 0 Å². The summed E-state index contributed by atoms with van der Waals surface area (Å²) >= 11 is 0. The van der Waals surface area contributed by atoms with Gasteiger partial charge in [-0.3, -0.25) is 0 Å². The second-order valence-corrected chi connectivity index (χ2v) is 13.7. The Morgan fingerprint density at radius 3 is 1.47 bits per heavy atom. The molecule has 51 heavy (non-hydrogen) atoms. The van der Waals surface area contributed by atoms with E-state index in [0.717, 1.165) is 17.1 Å². The smallest absolute Gasteiger partial charge is 0.0738 e. The molecule has 0 heterocycles. The topological polar surface area (TPSA) is 3.24 Å². The Kier molecular flexibility index (Phi) is 6.53. The molecule has 3 aliphatic carbocycles. The van der Waals surface area contributed by atoms with Gasteiger partial charge in [-0.25, -0.2) is 0 Å². The molecule has 7 aromatic carbocycles. The predicted molar refractivity (Wildman–Crippen MR) is 214 cm³/mol. The Morgan fingerprint density at radius 2 is 0.902 bits per heavy atom. The summed E-state index contributed by atoms with van der Waals surface area (Å²) in [6, 6.07) is 61.8. The number of benzene rings is 7. The predicted octanol–water partition coefficient (Wildman–Crippen LogP) is 13.0. The molecule has 0 bridgehead atoms. The largest absolute Gasteiger partial charge is 0.313 e. The summed E-state index contributed by atoms with van der Waals surface area (Å²) in [5, 5.41) is 0. The van der Waals surface area contributed by atoms with Crippen LogP contribution >= 0.6 is 0 Å². The summed E-state index contributed by atoms with van der Waals surface area (Å²) in [6.07, 6.45) is 4.56. The third-order valence-corrected chi connectivity index (χ3v) is 11.1. The molecule has 0 aliphatic heterocycles. The van der Waals surface area contributed by atoms with Crippen LogP contribution in [0, 0.1) is 0 Å². The van der Waals surface area contributed by atoms with E-state index in [9.17, 15) is 0 Å². The van der Waals surface area contributed by atoms with Gasteiger partial charge in [-0.05, 0) is 91.9 Å². The number of allylic oxidation sites excluding steroid dienone is 5. The van der Waals surface area contributed by atoms with Gasteiger partial charge in [0.05, 0.1) is 16.8 Å². The van der Waals surface area contributed by atoms with E-state index < -0.39 is 5.41 Å². The van der Waals surface area contributed by atoms with E-state index >= 15 is 0 Å². The van der Waals surface area contributed by atoms with E-state index in [1.165, 1.54) is 77.9 Å². The van der Waals surface area contributed by atoms with Gasteiger partial charge < -0.3 is 4.90 Å². The fourth-order valence-corrected chi connectivity index (χ4v) is 9.26. The molecule has 1 atom stereocenters. The van der Waals surface area contributed by atoms with Crippen LogP contribution in [0.15, 0.2) is 200 Å². The van der Waals surface area contributed by atoms with Crippen molar-refractivity contribution in [1.29, 1.82) is 0 Å². The van der Waals surface area contributed by atoms with Crippen molar-refractivity contribution in [2.75, 3.05) is 4.90 Å². The van der Waals surface area contributed by atoms with Crippen molar-refractivity contribution in [3.05, 3.63) is 222 Å². The first-order valence-electron chi connectivity index (χ1n) is 17.7. The molecule has 1 spiro atoms. The Hall–Kier alpha value is -6.44. The molecule has 1 unspecified atom stereocenters. The minimum atomic E-state index is -0.414. The number of hydrogen-bond acceptors (Lipinski definition) is 1. The summed E-state index contributed by atoms with van der Waals surface area (Å²) in [4.78, 5) is 2.47. The lowest BCUT2D eigenvalue weighted by atomic mass is 9.72. The fraction of sp³-hybridized carbons (Fsp3) is 0.0400. The van der Waals surface area contributed by atoms with Crippen LogP contribution in [-0.4, -0.2) is 0 Å². The van der Waals surface area contributed by atoms with Gasteiger partial charge in [0.1, 0.15) is 0 Å². The average Bonchev–Trinajstić information content (AvgIpc) is 3.78. The molecule has 0 fully saturated rings. The molecule has 1 heteroatoms. The maximum atomic E-state index is 4.45. The van der Waals surface area contributed by atoms with Crippen molar-refractivity contribution in [2.45, 2.75) is 12.3 Å². The maximum absolute atomic E-state index is 4.45. The van der Waals surface area contributed by atoms with Crippen molar-refractivity contribution in [1.82, 2.24) is 0 Å². The third-order valence-electron chi connectivity index (χ3n) is 11.1. The maximum Gasteiger partial charge on any atom is 0.0738 e. The molecule has 7 aromatic rings. The van der Waals surface area contributed by atoms with E-state index in [2.05, 4.69) is 200 Å². The number of fused-ring (bicyclic) bond motifs is 3. The lowest BCUT2D eigenvalue weighted by Gasteiger charge is -2.33. The minimum Gasteiger partial charge on any atom is -0.313 e. The van der Waals surface area contributed by atoms with Gasteiger partial charge in [-0.1, -0.05) is 170 Å². The van der Waals surface area contributed by atoms with Gasteiger partial charge in [-0.15, -0.1) is 0 Å². The van der Waals surface area contributed by atoms with E-state index in [-0.39, 0.29) is 0 Å². The van der Waals surface area contributed by atoms with Gasteiger partial charge in [0.15, 0.2) is 0 Å². The molecule has 0 radical (unpaired) electrons. The Bertz CT molecular complexity index is 2510. The molecule has 0 saturated heterocycles. The van der Waals surface area contributed by atoms with Crippen LogP contribution in [0.25, 0.3) is 50.1 Å². The molecule has 1 nitrogen and oxygen atoms in total. The highest BCUT2D eigenvalue weighted by Crippen LogP contribution is 2.69.